The summed E-state index contributed by atoms with van der Waals surface area (Å²) in [5.74, 6) is -0.0956. The standard InChI is InChI=1S/C13H15N3O3/c17-10-8-9(11(18)15-19)14-12-13(4-1-2-5-13)6-3-7-16(10)12/h3,6,8,19H,1-2,4-5,7H2,(H,15,18). The molecule has 19 heavy (non-hydrogen) atoms. The molecule has 1 aromatic heterocycles. The van der Waals surface area contributed by atoms with E-state index in [1.54, 1.807) is 4.57 Å². The number of amides is 1. The van der Waals surface area contributed by atoms with Gasteiger partial charge in [-0.25, -0.2) is 10.5 Å². The van der Waals surface area contributed by atoms with Crippen LogP contribution in [0, 0.1) is 0 Å². The predicted octanol–water partition coefficient (Wildman–Crippen LogP) is 0.744. The van der Waals surface area contributed by atoms with Crippen molar-refractivity contribution in [3.63, 3.8) is 0 Å². The Morgan fingerprint density at radius 3 is 2.84 bits per heavy atom. The molecule has 2 heterocycles. The fourth-order valence-corrected chi connectivity index (χ4v) is 3.09. The van der Waals surface area contributed by atoms with Crippen LogP contribution in [0.5, 0.6) is 0 Å². The van der Waals surface area contributed by atoms with Crippen molar-refractivity contribution in [3.05, 3.63) is 40.1 Å². The highest BCUT2D eigenvalue weighted by Crippen LogP contribution is 2.42. The second-order valence-corrected chi connectivity index (χ2v) is 5.12. The second kappa shape index (κ2) is 4.31. The molecular formula is C13H15N3O3. The van der Waals surface area contributed by atoms with Gasteiger partial charge in [-0.05, 0) is 12.8 Å². The van der Waals surface area contributed by atoms with Crippen molar-refractivity contribution in [2.75, 3.05) is 0 Å². The van der Waals surface area contributed by atoms with E-state index in [1.807, 2.05) is 6.08 Å². The van der Waals surface area contributed by atoms with Crippen LogP contribution in [0.4, 0.5) is 0 Å². The van der Waals surface area contributed by atoms with Gasteiger partial charge in [-0.2, -0.15) is 0 Å². The first-order valence-corrected chi connectivity index (χ1v) is 6.41. The van der Waals surface area contributed by atoms with Gasteiger partial charge >= 0.3 is 0 Å². The average molecular weight is 261 g/mol. The summed E-state index contributed by atoms with van der Waals surface area (Å²) < 4.78 is 1.61. The van der Waals surface area contributed by atoms with Gasteiger partial charge in [0.1, 0.15) is 11.5 Å². The van der Waals surface area contributed by atoms with E-state index in [9.17, 15) is 9.59 Å². The van der Waals surface area contributed by atoms with Gasteiger partial charge in [-0.15, -0.1) is 0 Å². The quantitative estimate of drug-likeness (QED) is 0.444. The highest BCUT2D eigenvalue weighted by molar-refractivity contribution is 5.91. The molecule has 3 rings (SSSR count). The lowest BCUT2D eigenvalue weighted by molar-refractivity contribution is 0.0699. The number of rotatable bonds is 1. The number of carbonyl (C=O) groups excluding carboxylic acids is 1. The summed E-state index contributed by atoms with van der Waals surface area (Å²) in [7, 11) is 0. The highest BCUT2D eigenvalue weighted by atomic mass is 16.5. The van der Waals surface area contributed by atoms with E-state index in [2.05, 4.69) is 11.1 Å². The van der Waals surface area contributed by atoms with E-state index >= 15 is 0 Å². The van der Waals surface area contributed by atoms with Crippen molar-refractivity contribution < 1.29 is 10.0 Å². The molecule has 2 N–H and O–H groups in total. The Bertz CT molecular complexity index is 612. The van der Waals surface area contributed by atoms with Gasteiger partial charge in [-0.1, -0.05) is 25.0 Å². The number of allylic oxidation sites excluding steroid dienone is 2. The minimum Gasteiger partial charge on any atom is -0.292 e. The van der Waals surface area contributed by atoms with Crippen LogP contribution in [-0.2, 0) is 12.0 Å². The zero-order valence-electron chi connectivity index (χ0n) is 10.4. The smallest absolute Gasteiger partial charge is 0.292 e. The van der Waals surface area contributed by atoms with Crippen molar-refractivity contribution in [2.45, 2.75) is 37.6 Å². The molecule has 6 nitrogen and oxygen atoms in total. The summed E-state index contributed by atoms with van der Waals surface area (Å²) in [6, 6.07) is 1.16. The third-order valence-corrected chi connectivity index (χ3v) is 4.01. The number of nitrogens with zero attached hydrogens (tertiary/aromatic N) is 2. The molecule has 0 bridgehead atoms. The number of aromatic nitrogens is 2. The van der Waals surface area contributed by atoms with Crippen LogP contribution >= 0.6 is 0 Å². The Morgan fingerprint density at radius 1 is 1.42 bits per heavy atom. The third-order valence-electron chi connectivity index (χ3n) is 4.01. The predicted molar refractivity (Wildman–Crippen MR) is 67.0 cm³/mol. The van der Waals surface area contributed by atoms with Crippen LogP contribution in [0.15, 0.2) is 23.0 Å². The van der Waals surface area contributed by atoms with Crippen molar-refractivity contribution in [2.24, 2.45) is 0 Å². The molecule has 0 radical (unpaired) electrons. The minimum atomic E-state index is -0.747. The minimum absolute atomic E-state index is 0.0275. The number of nitrogens with one attached hydrogen (secondary N) is 1. The SMILES string of the molecule is O=C(NO)c1cc(=O)n2c(n1)C1(C=CC2)CCCC1. The van der Waals surface area contributed by atoms with Gasteiger partial charge in [0.2, 0.25) is 0 Å². The average Bonchev–Trinajstić information content (AvgIpc) is 2.88. The maximum Gasteiger partial charge on any atom is 0.293 e. The fraction of sp³-hybridized carbons (Fsp3) is 0.462. The van der Waals surface area contributed by atoms with Crippen LogP contribution in [0.25, 0.3) is 0 Å². The van der Waals surface area contributed by atoms with Gasteiger partial charge in [0.15, 0.2) is 0 Å². The van der Waals surface area contributed by atoms with Gasteiger partial charge in [-0.3, -0.25) is 19.4 Å². The number of fused-ring (bicyclic) bond motifs is 2. The van der Waals surface area contributed by atoms with Gasteiger partial charge in [0.25, 0.3) is 11.5 Å². The molecule has 0 saturated heterocycles. The lowest BCUT2D eigenvalue weighted by Gasteiger charge is -2.30. The molecule has 0 unspecified atom stereocenters. The van der Waals surface area contributed by atoms with Crippen LogP contribution < -0.4 is 11.0 Å². The van der Waals surface area contributed by atoms with Crippen LogP contribution in [0.1, 0.15) is 42.0 Å². The summed E-state index contributed by atoms with van der Waals surface area (Å²) >= 11 is 0. The molecule has 1 aliphatic heterocycles. The zero-order chi connectivity index (χ0) is 13.5. The number of carbonyl (C=O) groups is 1. The Kier molecular flexibility index (Phi) is 2.74. The largest absolute Gasteiger partial charge is 0.293 e. The first-order chi connectivity index (χ1) is 9.16. The molecule has 2 aliphatic rings. The lowest BCUT2D eigenvalue weighted by Crippen LogP contribution is -2.38. The summed E-state index contributed by atoms with van der Waals surface area (Å²) in [4.78, 5) is 27.9. The topological polar surface area (TPSA) is 84.2 Å². The molecule has 0 atom stereocenters. The Balaban J connectivity index is 2.19. The van der Waals surface area contributed by atoms with Crippen LogP contribution in [0.3, 0.4) is 0 Å². The Hall–Kier alpha value is -1.95. The highest BCUT2D eigenvalue weighted by Gasteiger charge is 2.39. The molecule has 1 saturated carbocycles. The van der Waals surface area contributed by atoms with E-state index in [1.165, 1.54) is 5.48 Å². The van der Waals surface area contributed by atoms with Gasteiger partial charge in [0.05, 0.1) is 0 Å². The molecule has 6 heteroatoms. The van der Waals surface area contributed by atoms with E-state index in [0.717, 1.165) is 31.7 Å². The summed E-state index contributed by atoms with van der Waals surface area (Å²) in [5.41, 5.74) is 1.03. The van der Waals surface area contributed by atoms with Gasteiger partial charge in [0, 0.05) is 18.0 Å². The normalized spacial score (nSPS) is 19.4. The van der Waals surface area contributed by atoms with Crippen LogP contribution in [-0.4, -0.2) is 20.7 Å². The van der Waals surface area contributed by atoms with Crippen molar-refractivity contribution in [1.82, 2.24) is 15.0 Å². The van der Waals surface area contributed by atoms with Crippen molar-refractivity contribution >= 4 is 5.91 Å². The van der Waals surface area contributed by atoms with Gasteiger partial charge < -0.3 is 0 Å². The molecule has 1 aliphatic carbocycles. The summed E-state index contributed by atoms with van der Waals surface area (Å²) in [6.45, 7) is 0.490. The molecule has 0 aromatic carbocycles. The second-order valence-electron chi connectivity index (χ2n) is 5.12. The molecule has 100 valence electrons. The molecule has 1 aromatic rings. The molecule has 1 amide bonds. The number of hydrogen-bond donors (Lipinski definition) is 2. The number of hydroxylamine groups is 1. The lowest BCUT2D eigenvalue weighted by atomic mass is 9.83. The van der Waals surface area contributed by atoms with E-state index in [0.29, 0.717) is 12.4 Å². The first-order valence-electron chi connectivity index (χ1n) is 6.41. The maximum atomic E-state index is 12.1. The van der Waals surface area contributed by atoms with Crippen molar-refractivity contribution in [3.8, 4) is 0 Å². The molecular weight excluding hydrogens is 246 g/mol. The zero-order valence-corrected chi connectivity index (χ0v) is 10.4. The first kappa shape index (κ1) is 12.1. The number of hydrogen-bond acceptors (Lipinski definition) is 4. The van der Waals surface area contributed by atoms with Crippen LogP contribution in [0.2, 0.25) is 0 Å². The monoisotopic (exact) mass is 261 g/mol. The molecule has 1 fully saturated rings. The summed E-state index contributed by atoms with van der Waals surface area (Å²) in [6.07, 6.45) is 8.18. The van der Waals surface area contributed by atoms with E-state index in [4.69, 9.17) is 5.21 Å². The van der Waals surface area contributed by atoms with E-state index in [-0.39, 0.29) is 16.7 Å². The maximum absolute atomic E-state index is 12.1. The fourth-order valence-electron chi connectivity index (χ4n) is 3.09. The Labute approximate surface area is 109 Å². The molecule has 1 spiro atoms. The summed E-state index contributed by atoms with van der Waals surface area (Å²) in [5, 5.41) is 8.68. The third kappa shape index (κ3) is 1.79. The van der Waals surface area contributed by atoms with E-state index < -0.39 is 5.91 Å². The Morgan fingerprint density at radius 2 is 2.16 bits per heavy atom. The van der Waals surface area contributed by atoms with Crippen molar-refractivity contribution in [1.29, 1.82) is 0 Å².